The minimum absolute atomic E-state index is 0.0586. The van der Waals surface area contributed by atoms with Gasteiger partial charge in [-0.25, -0.2) is 8.42 Å². The molecule has 1 atom stereocenters. The van der Waals surface area contributed by atoms with Gasteiger partial charge in [0.15, 0.2) is 9.84 Å². The van der Waals surface area contributed by atoms with E-state index in [4.69, 9.17) is 0 Å². The molecule has 3 aromatic carbocycles. The molecule has 0 aliphatic heterocycles. The van der Waals surface area contributed by atoms with E-state index in [0.717, 1.165) is 16.0 Å². The first-order valence-corrected chi connectivity index (χ1v) is 14.3. The van der Waals surface area contributed by atoms with Crippen molar-refractivity contribution in [2.45, 2.75) is 27.9 Å². The molecule has 0 saturated heterocycles. The number of thioether (sulfide) groups is 1. The van der Waals surface area contributed by atoms with Crippen LogP contribution in [0, 0.1) is 0 Å². The number of fused-ring (bicyclic) bond motifs is 1. The fraction of sp³-hybridized carbons (Fsp3) is 0.333. The Bertz CT molecular complexity index is 1290. The molecule has 0 aliphatic rings. The normalized spacial score (nSPS) is 12.3. The molecule has 1 unspecified atom stereocenters. The zero-order valence-corrected chi connectivity index (χ0v) is 22.5. The third kappa shape index (κ3) is 7.32. The average molecular weight is 528 g/mol. The average Bonchev–Trinajstić information content (AvgIpc) is 2.86. The Balaban J connectivity index is 1.65. The van der Waals surface area contributed by atoms with Crippen molar-refractivity contribution in [3.63, 3.8) is 0 Å². The van der Waals surface area contributed by atoms with Crippen LogP contribution < -0.4 is 15.5 Å². The maximum Gasteiger partial charge on any atom is 0.233 e. The van der Waals surface area contributed by atoms with E-state index in [0.29, 0.717) is 10.3 Å². The topological polar surface area (TPSA) is 95.6 Å². The standard InChI is InChI=1S/C27H33N3O4S2/c1-28-19-20(31)18-25(35-21-10-5-4-6-11-21)27(32)29-16-9-17-36(33,34)26-15-8-12-22-23(26)13-7-14-24(22)30(2)3/h4-8,10-15,25,28H,9,16-19H2,1-3H3,(H,29,32). The molecule has 0 heterocycles. The first-order valence-electron chi connectivity index (χ1n) is 11.8. The molecular formula is C27H33N3O4S2. The number of nitrogens with one attached hydrogen (secondary N) is 2. The van der Waals surface area contributed by atoms with Crippen LogP contribution in [0.2, 0.25) is 0 Å². The smallest absolute Gasteiger partial charge is 0.233 e. The van der Waals surface area contributed by atoms with Gasteiger partial charge in [0.25, 0.3) is 0 Å². The van der Waals surface area contributed by atoms with Crippen molar-refractivity contribution in [3.8, 4) is 0 Å². The maximum absolute atomic E-state index is 13.2. The van der Waals surface area contributed by atoms with E-state index in [1.54, 1.807) is 19.2 Å². The number of amides is 1. The molecule has 0 saturated carbocycles. The highest BCUT2D eigenvalue weighted by Gasteiger charge is 2.23. The van der Waals surface area contributed by atoms with Crippen LogP contribution in [0.25, 0.3) is 10.8 Å². The zero-order valence-electron chi connectivity index (χ0n) is 20.9. The summed E-state index contributed by atoms with van der Waals surface area (Å²) >= 11 is 1.33. The molecule has 0 radical (unpaired) electrons. The van der Waals surface area contributed by atoms with Crippen molar-refractivity contribution in [2.75, 3.05) is 44.9 Å². The summed E-state index contributed by atoms with van der Waals surface area (Å²) in [5.41, 5.74) is 0.951. The van der Waals surface area contributed by atoms with Gasteiger partial charge in [-0.15, -0.1) is 11.8 Å². The number of benzene rings is 3. The molecule has 9 heteroatoms. The van der Waals surface area contributed by atoms with Crippen molar-refractivity contribution in [1.82, 2.24) is 10.6 Å². The molecule has 0 aliphatic carbocycles. The Morgan fingerprint density at radius 2 is 1.64 bits per heavy atom. The van der Waals surface area contributed by atoms with Crippen LogP contribution in [0.4, 0.5) is 5.69 Å². The lowest BCUT2D eigenvalue weighted by Gasteiger charge is -2.17. The molecule has 3 rings (SSSR count). The second-order valence-electron chi connectivity index (χ2n) is 8.68. The number of hydrogen-bond donors (Lipinski definition) is 2. The number of carbonyl (C=O) groups excluding carboxylic acids is 2. The highest BCUT2D eigenvalue weighted by molar-refractivity contribution is 8.00. The molecule has 7 nitrogen and oxygen atoms in total. The van der Waals surface area contributed by atoms with Gasteiger partial charge in [-0.1, -0.05) is 42.5 Å². The van der Waals surface area contributed by atoms with Crippen molar-refractivity contribution < 1.29 is 18.0 Å². The van der Waals surface area contributed by atoms with E-state index < -0.39 is 15.1 Å². The second kappa shape index (κ2) is 12.9. The molecule has 36 heavy (non-hydrogen) atoms. The fourth-order valence-electron chi connectivity index (χ4n) is 3.95. The second-order valence-corrected chi connectivity index (χ2v) is 12.0. The molecule has 1 amide bonds. The Kier molecular flexibility index (Phi) is 9.92. The zero-order chi connectivity index (χ0) is 26.1. The molecule has 0 fully saturated rings. The number of Topliss-reactive ketones (excluding diaryl/α,β-unsaturated/α-hetero) is 1. The molecule has 3 aromatic rings. The van der Waals surface area contributed by atoms with Gasteiger partial charge in [0, 0.05) is 48.4 Å². The predicted molar refractivity (Wildman–Crippen MR) is 148 cm³/mol. The first-order chi connectivity index (χ1) is 17.2. The van der Waals surface area contributed by atoms with E-state index >= 15 is 0 Å². The van der Waals surface area contributed by atoms with Gasteiger partial charge in [0.05, 0.1) is 22.4 Å². The van der Waals surface area contributed by atoms with Crippen LogP contribution in [0.1, 0.15) is 12.8 Å². The van der Waals surface area contributed by atoms with E-state index in [1.807, 2.05) is 73.6 Å². The van der Waals surface area contributed by atoms with Gasteiger partial charge >= 0.3 is 0 Å². The summed E-state index contributed by atoms with van der Waals surface area (Å²) in [4.78, 5) is 28.2. The van der Waals surface area contributed by atoms with Gasteiger partial charge in [0.1, 0.15) is 5.78 Å². The molecular weight excluding hydrogens is 494 g/mol. The third-order valence-electron chi connectivity index (χ3n) is 5.67. The number of nitrogens with zero attached hydrogens (tertiary/aromatic N) is 1. The highest BCUT2D eigenvalue weighted by atomic mass is 32.2. The first kappa shape index (κ1) is 27.7. The summed E-state index contributed by atoms with van der Waals surface area (Å²) in [6.45, 7) is 0.399. The van der Waals surface area contributed by atoms with Crippen molar-refractivity contribution in [2.24, 2.45) is 0 Å². The Morgan fingerprint density at radius 1 is 0.944 bits per heavy atom. The summed E-state index contributed by atoms with van der Waals surface area (Å²) in [6, 6.07) is 20.4. The number of likely N-dealkylation sites (N-methyl/N-ethyl adjacent to an activating group) is 1. The highest BCUT2D eigenvalue weighted by Crippen LogP contribution is 2.31. The van der Waals surface area contributed by atoms with Crippen molar-refractivity contribution >= 4 is 49.7 Å². The van der Waals surface area contributed by atoms with Gasteiger partial charge in [-0.3, -0.25) is 9.59 Å². The van der Waals surface area contributed by atoms with E-state index in [2.05, 4.69) is 10.6 Å². The van der Waals surface area contributed by atoms with E-state index in [9.17, 15) is 18.0 Å². The van der Waals surface area contributed by atoms with Gasteiger partial charge in [-0.05, 0) is 37.7 Å². The van der Waals surface area contributed by atoms with Gasteiger partial charge in [0.2, 0.25) is 5.91 Å². The van der Waals surface area contributed by atoms with Crippen LogP contribution in [0.3, 0.4) is 0 Å². The Hall–Kier alpha value is -2.88. The van der Waals surface area contributed by atoms with Crippen LogP contribution in [0.15, 0.2) is 76.5 Å². The van der Waals surface area contributed by atoms with E-state index in [1.165, 1.54) is 11.8 Å². The molecule has 0 aromatic heterocycles. The number of ketones is 1. The molecule has 192 valence electrons. The van der Waals surface area contributed by atoms with E-state index in [-0.39, 0.29) is 43.4 Å². The largest absolute Gasteiger partial charge is 0.377 e. The number of hydrogen-bond acceptors (Lipinski definition) is 7. The monoisotopic (exact) mass is 527 g/mol. The summed E-state index contributed by atoms with van der Waals surface area (Å²) in [5, 5.41) is 6.63. The summed E-state index contributed by atoms with van der Waals surface area (Å²) in [5.74, 6) is -0.420. The summed E-state index contributed by atoms with van der Waals surface area (Å²) in [7, 11) is 1.98. The van der Waals surface area contributed by atoms with Crippen molar-refractivity contribution in [3.05, 3.63) is 66.7 Å². The number of rotatable bonds is 13. The number of anilines is 1. The molecule has 0 spiro atoms. The number of sulfone groups is 1. The van der Waals surface area contributed by atoms with Gasteiger partial charge in [-0.2, -0.15) is 0 Å². The lowest BCUT2D eigenvalue weighted by atomic mass is 10.1. The summed E-state index contributed by atoms with van der Waals surface area (Å²) < 4.78 is 26.4. The third-order valence-corrected chi connectivity index (χ3v) is 8.73. The predicted octanol–water partition coefficient (Wildman–Crippen LogP) is 3.53. The fourth-order valence-corrected chi connectivity index (χ4v) is 6.60. The minimum atomic E-state index is -3.56. The van der Waals surface area contributed by atoms with Gasteiger partial charge < -0.3 is 15.5 Å². The van der Waals surface area contributed by atoms with Crippen molar-refractivity contribution in [1.29, 1.82) is 0 Å². The number of carbonyl (C=O) groups is 2. The lowest BCUT2D eigenvalue weighted by molar-refractivity contribution is -0.124. The van der Waals surface area contributed by atoms with Crippen LogP contribution >= 0.6 is 11.8 Å². The lowest BCUT2D eigenvalue weighted by Crippen LogP contribution is -2.36. The van der Waals surface area contributed by atoms with Crippen LogP contribution in [-0.2, 0) is 19.4 Å². The quantitative estimate of drug-likeness (QED) is 0.259. The SMILES string of the molecule is CNCC(=O)CC(Sc1ccccc1)C(=O)NCCCS(=O)(=O)c1cccc2c(N(C)C)cccc12. The minimum Gasteiger partial charge on any atom is -0.377 e. The van der Waals surface area contributed by atoms with Crippen LogP contribution in [0.5, 0.6) is 0 Å². The molecule has 0 bridgehead atoms. The Morgan fingerprint density at radius 3 is 2.33 bits per heavy atom. The summed E-state index contributed by atoms with van der Waals surface area (Å²) in [6.07, 6.45) is 0.361. The molecule has 2 N–H and O–H groups in total. The van der Waals surface area contributed by atoms with Crippen LogP contribution in [-0.4, -0.2) is 65.3 Å². The maximum atomic E-state index is 13.2. The Labute approximate surface area is 217 Å².